The monoisotopic (exact) mass is 267 g/mol. The van der Waals surface area contributed by atoms with E-state index in [-0.39, 0.29) is 12.1 Å². The van der Waals surface area contributed by atoms with E-state index in [1.165, 1.54) is 18.2 Å². The van der Waals surface area contributed by atoms with E-state index in [2.05, 4.69) is 5.32 Å². The lowest BCUT2D eigenvalue weighted by atomic mass is 10.1. The lowest BCUT2D eigenvalue weighted by molar-refractivity contribution is -0.202. The molecule has 0 amide bonds. The molecule has 0 aliphatic heterocycles. The summed E-state index contributed by atoms with van der Waals surface area (Å²) in [5.74, 6) is -0.636. The van der Waals surface area contributed by atoms with E-state index in [9.17, 15) is 22.7 Å². The molecular weight excluding hydrogens is 254 g/mol. The second-order valence-electron chi connectivity index (χ2n) is 3.75. The Balaban J connectivity index is 2.43. The lowest BCUT2D eigenvalue weighted by Crippen LogP contribution is -2.39. The Hall–Kier alpha value is -1.18. The van der Waals surface area contributed by atoms with E-state index in [0.29, 0.717) is 0 Å². The third kappa shape index (κ3) is 4.25. The molecule has 2 unspecified atom stereocenters. The van der Waals surface area contributed by atoms with Gasteiger partial charge in [0.25, 0.3) is 0 Å². The SMILES string of the molecule is OC(CNCC(O)C(F)(F)F)c1ccccc1F. The number of nitrogens with one attached hydrogen (secondary N) is 1. The summed E-state index contributed by atoms with van der Waals surface area (Å²) in [7, 11) is 0. The molecule has 0 saturated heterocycles. The summed E-state index contributed by atoms with van der Waals surface area (Å²) < 4.78 is 49.0. The Labute approximate surface area is 101 Å². The van der Waals surface area contributed by atoms with Gasteiger partial charge in [0.05, 0.1) is 6.10 Å². The molecule has 0 aliphatic rings. The summed E-state index contributed by atoms with van der Waals surface area (Å²) in [5.41, 5.74) is -0.00787. The Bertz CT molecular complexity index is 384. The highest BCUT2D eigenvalue weighted by Gasteiger charge is 2.37. The summed E-state index contributed by atoms with van der Waals surface area (Å²) in [5, 5.41) is 20.5. The molecule has 0 saturated carbocycles. The van der Waals surface area contributed by atoms with Crippen LogP contribution in [0.3, 0.4) is 0 Å². The summed E-state index contributed by atoms with van der Waals surface area (Å²) in [6.45, 7) is -1.04. The second kappa shape index (κ2) is 6.12. The summed E-state index contributed by atoms with van der Waals surface area (Å²) in [6.07, 6.45) is -8.49. The standard InChI is InChI=1S/C11H13F4NO2/c12-8-4-2-1-3-7(8)9(17)5-16-6-10(18)11(13,14)15/h1-4,9-10,16-18H,5-6H2. The molecule has 0 heterocycles. The molecule has 102 valence electrons. The van der Waals surface area contributed by atoms with Crippen LogP contribution in [0.15, 0.2) is 24.3 Å². The largest absolute Gasteiger partial charge is 0.415 e. The van der Waals surface area contributed by atoms with Crippen molar-refractivity contribution in [3.63, 3.8) is 0 Å². The fraction of sp³-hybridized carbons (Fsp3) is 0.455. The summed E-state index contributed by atoms with van der Waals surface area (Å²) >= 11 is 0. The first kappa shape index (κ1) is 14.9. The molecule has 18 heavy (non-hydrogen) atoms. The zero-order chi connectivity index (χ0) is 13.8. The third-order valence-corrected chi connectivity index (χ3v) is 2.32. The fourth-order valence-electron chi connectivity index (χ4n) is 1.33. The average Bonchev–Trinajstić information content (AvgIpc) is 2.28. The minimum atomic E-state index is -4.71. The Kier molecular flexibility index (Phi) is 5.06. The van der Waals surface area contributed by atoms with Crippen LogP contribution in [0.1, 0.15) is 11.7 Å². The van der Waals surface area contributed by atoms with Gasteiger partial charge in [0.1, 0.15) is 5.82 Å². The van der Waals surface area contributed by atoms with Gasteiger partial charge in [0, 0.05) is 18.7 Å². The van der Waals surface area contributed by atoms with E-state index in [4.69, 9.17) is 5.11 Å². The van der Waals surface area contributed by atoms with Crippen molar-refractivity contribution < 1.29 is 27.8 Å². The van der Waals surface area contributed by atoms with Gasteiger partial charge in [0.2, 0.25) is 0 Å². The second-order valence-corrected chi connectivity index (χ2v) is 3.75. The zero-order valence-corrected chi connectivity index (χ0v) is 9.28. The molecule has 1 aromatic rings. The third-order valence-electron chi connectivity index (χ3n) is 2.32. The Morgan fingerprint density at radius 2 is 1.72 bits per heavy atom. The molecule has 0 aliphatic carbocycles. The highest BCUT2D eigenvalue weighted by atomic mass is 19.4. The molecule has 1 rings (SSSR count). The highest BCUT2D eigenvalue weighted by molar-refractivity contribution is 5.19. The molecule has 1 aromatic carbocycles. The first-order valence-corrected chi connectivity index (χ1v) is 5.20. The van der Waals surface area contributed by atoms with Gasteiger partial charge in [-0.3, -0.25) is 0 Å². The maximum Gasteiger partial charge on any atom is 0.415 e. The molecule has 0 aromatic heterocycles. The Morgan fingerprint density at radius 3 is 2.28 bits per heavy atom. The van der Waals surface area contributed by atoms with Crippen LogP contribution < -0.4 is 5.32 Å². The van der Waals surface area contributed by atoms with Gasteiger partial charge in [-0.25, -0.2) is 4.39 Å². The van der Waals surface area contributed by atoms with E-state index < -0.39 is 30.7 Å². The van der Waals surface area contributed by atoms with Gasteiger partial charge in [-0.15, -0.1) is 0 Å². The number of benzene rings is 1. The van der Waals surface area contributed by atoms with E-state index in [1.54, 1.807) is 0 Å². The van der Waals surface area contributed by atoms with E-state index >= 15 is 0 Å². The van der Waals surface area contributed by atoms with Gasteiger partial charge < -0.3 is 15.5 Å². The number of hydrogen-bond acceptors (Lipinski definition) is 3. The van der Waals surface area contributed by atoms with Gasteiger partial charge in [0.15, 0.2) is 6.10 Å². The molecule has 7 heteroatoms. The average molecular weight is 267 g/mol. The zero-order valence-electron chi connectivity index (χ0n) is 9.28. The summed E-state index contributed by atoms with van der Waals surface area (Å²) in [6, 6.07) is 5.42. The van der Waals surface area contributed by atoms with Crippen molar-refractivity contribution in [1.82, 2.24) is 5.32 Å². The number of hydrogen-bond donors (Lipinski definition) is 3. The van der Waals surface area contributed by atoms with E-state index in [0.717, 1.165) is 6.07 Å². The topological polar surface area (TPSA) is 52.5 Å². The molecule has 0 radical (unpaired) electrons. The Morgan fingerprint density at radius 1 is 1.11 bits per heavy atom. The van der Waals surface area contributed by atoms with Crippen molar-refractivity contribution in [1.29, 1.82) is 0 Å². The maximum absolute atomic E-state index is 13.2. The highest BCUT2D eigenvalue weighted by Crippen LogP contribution is 2.20. The number of alkyl halides is 3. The van der Waals surface area contributed by atoms with Crippen molar-refractivity contribution in [2.24, 2.45) is 0 Å². The smallest absolute Gasteiger partial charge is 0.387 e. The van der Waals surface area contributed by atoms with Crippen LogP contribution in [-0.2, 0) is 0 Å². The predicted molar refractivity (Wildman–Crippen MR) is 56.3 cm³/mol. The molecule has 0 bridgehead atoms. The normalized spacial score (nSPS) is 15.4. The number of aliphatic hydroxyl groups excluding tert-OH is 2. The van der Waals surface area contributed by atoms with Crippen LogP contribution in [0, 0.1) is 5.82 Å². The van der Waals surface area contributed by atoms with Crippen LogP contribution in [0.5, 0.6) is 0 Å². The number of rotatable bonds is 5. The molecule has 3 N–H and O–H groups in total. The van der Waals surface area contributed by atoms with Crippen LogP contribution in [0.4, 0.5) is 17.6 Å². The number of halogens is 4. The van der Waals surface area contributed by atoms with Gasteiger partial charge >= 0.3 is 6.18 Å². The minimum absolute atomic E-state index is 0.00787. The van der Waals surface area contributed by atoms with Crippen LogP contribution >= 0.6 is 0 Å². The molecule has 0 fully saturated rings. The quantitative estimate of drug-likeness (QED) is 0.706. The fourth-order valence-corrected chi connectivity index (χ4v) is 1.33. The molecule has 2 atom stereocenters. The van der Waals surface area contributed by atoms with Crippen molar-refractivity contribution >= 4 is 0 Å². The molecular formula is C11H13F4NO2. The van der Waals surface area contributed by atoms with Crippen molar-refractivity contribution in [3.05, 3.63) is 35.6 Å². The first-order chi connectivity index (χ1) is 8.32. The van der Waals surface area contributed by atoms with Crippen LogP contribution in [-0.4, -0.2) is 35.6 Å². The van der Waals surface area contributed by atoms with Crippen molar-refractivity contribution in [2.45, 2.75) is 18.4 Å². The minimum Gasteiger partial charge on any atom is -0.387 e. The van der Waals surface area contributed by atoms with E-state index in [1.807, 2.05) is 0 Å². The van der Waals surface area contributed by atoms with Gasteiger partial charge in [-0.1, -0.05) is 18.2 Å². The number of aliphatic hydroxyl groups is 2. The maximum atomic E-state index is 13.2. The summed E-state index contributed by atoms with van der Waals surface area (Å²) in [4.78, 5) is 0. The van der Waals surface area contributed by atoms with Crippen LogP contribution in [0.25, 0.3) is 0 Å². The lowest BCUT2D eigenvalue weighted by Gasteiger charge is -2.17. The van der Waals surface area contributed by atoms with Crippen molar-refractivity contribution in [2.75, 3.05) is 13.1 Å². The predicted octanol–water partition coefficient (Wildman–Crippen LogP) is 1.37. The first-order valence-electron chi connectivity index (χ1n) is 5.20. The van der Waals surface area contributed by atoms with Gasteiger partial charge in [-0.2, -0.15) is 13.2 Å². The van der Waals surface area contributed by atoms with Crippen LogP contribution in [0.2, 0.25) is 0 Å². The molecule has 3 nitrogen and oxygen atoms in total. The molecule has 0 spiro atoms. The van der Waals surface area contributed by atoms with Crippen molar-refractivity contribution in [3.8, 4) is 0 Å². The van der Waals surface area contributed by atoms with Gasteiger partial charge in [-0.05, 0) is 6.07 Å².